The topological polar surface area (TPSA) is 84.7 Å². The first-order valence-electron chi connectivity index (χ1n) is 7.59. The van der Waals surface area contributed by atoms with E-state index in [9.17, 15) is 9.59 Å². The molecule has 2 heterocycles. The van der Waals surface area contributed by atoms with Crippen LogP contribution in [0.25, 0.3) is 6.08 Å². The normalized spacial score (nSPS) is 22.8. The molecule has 0 radical (unpaired) electrons. The highest BCUT2D eigenvalue weighted by Gasteiger charge is 2.28. The molecule has 0 unspecified atom stereocenters. The van der Waals surface area contributed by atoms with Crippen LogP contribution in [0.15, 0.2) is 23.1 Å². The van der Waals surface area contributed by atoms with Crippen LogP contribution in [0.3, 0.4) is 0 Å². The van der Waals surface area contributed by atoms with E-state index >= 15 is 0 Å². The molecule has 2 amide bonds. The average Bonchev–Trinajstić information content (AvgIpc) is 3.06. The van der Waals surface area contributed by atoms with Gasteiger partial charge in [0, 0.05) is 24.7 Å². The molecule has 6 nitrogen and oxygen atoms in total. The third kappa shape index (κ3) is 3.35. The molecule has 2 saturated heterocycles. The van der Waals surface area contributed by atoms with Crippen molar-refractivity contribution in [3.05, 3.63) is 28.7 Å². The molecule has 1 atom stereocenters. The highest BCUT2D eigenvalue weighted by atomic mass is 32.2. The number of benzene rings is 1. The number of ether oxygens (including phenoxy) is 1. The summed E-state index contributed by atoms with van der Waals surface area (Å²) in [6, 6.07) is 5.86. The lowest BCUT2D eigenvalue weighted by Crippen LogP contribution is -2.27. The van der Waals surface area contributed by atoms with Crippen molar-refractivity contribution in [2.45, 2.75) is 19.4 Å². The molecule has 0 spiro atoms. The summed E-state index contributed by atoms with van der Waals surface area (Å²) >= 11 is 0.917. The number of amides is 2. The maximum Gasteiger partial charge on any atom is 0.290 e. The summed E-state index contributed by atoms with van der Waals surface area (Å²) in [6.07, 6.45) is 2.66. The number of carbonyl (C=O) groups excluding carboxylic acids is 2. The Balaban J connectivity index is 2.02. The summed E-state index contributed by atoms with van der Waals surface area (Å²) in [4.78, 5) is 25.7. The minimum absolute atomic E-state index is 0.135. The van der Waals surface area contributed by atoms with Crippen LogP contribution in [-0.2, 0) is 4.79 Å². The summed E-state index contributed by atoms with van der Waals surface area (Å²) in [6.45, 7) is 4.09. The number of hydrogen-bond donors (Lipinski definition) is 2. The molecule has 0 aromatic heterocycles. The van der Waals surface area contributed by atoms with Gasteiger partial charge in [-0.3, -0.25) is 14.9 Å². The highest BCUT2D eigenvalue weighted by Crippen LogP contribution is 2.37. The molecular weight excluding hydrogens is 314 g/mol. The number of nitrogens with one attached hydrogen (secondary N) is 1. The number of para-hydroxylation sites is 1. The van der Waals surface area contributed by atoms with E-state index in [4.69, 9.17) is 10.5 Å². The molecule has 1 aromatic carbocycles. The van der Waals surface area contributed by atoms with Gasteiger partial charge in [-0.2, -0.15) is 0 Å². The minimum Gasteiger partial charge on any atom is -0.492 e. The van der Waals surface area contributed by atoms with Gasteiger partial charge in [0.15, 0.2) is 0 Å². The monoisotopic (exact) mass is 333 g/mol. The molecular formula is C16H19N3O3S. The van der Waals surface area contributed by atoms with Gasteiger partial charge in [0.05, 0.1) is 17.2 Å². The molecule has 23 heavy (non-hydrogen) atoms. The van der Waals surface area contributed by atoms with Gasteiger partial charge in [-0.15, -0.1) is 0 Å². The first-order valence-corrected chi connectivity index (χ1v) is 8.41. The van der Waals surface area contributed by atoms with Gasteiger partial charge in [0.25, 0.3) is 11.1 Å². The second-order valence-corrected chi connectivity index (χ2v) is 6.49. The van der Waals surface area contributed by atoms with Crippen molar-refractivity contribution in [3.63, 3.8) is 0 Å². The minimum atomic E-state index is -0.356. The van der Waals surface area contributed by atoms with Crippen LogP contribution in [0.5, 0.6) is 5.75 Å². The number of hydrogen-bond acceptors (Lipinski definition) is 6. The van der Waals surface area contributed by atoms with E-state index in [0.717, 1.165) is 48.3 Å². The van der Waals surface area contributed by atoms with Crippen LogP contribution in [-0.4, -0.2) is 36.9 Å². The van der Waals surface area contributed by atoms with E-state index in [2.05, 4.69) is 10.2 Å². The number of rotatable bonds is 4. The SMILES string of the molecule is CCOc1cccc(/C=C2\SC(=O)NC2=O)c1N1CC[C@H](N)C1. The third-order valence-corrected chi connectivity index (χ3v) is 4.61. The fourth-order valence-corrected chi connectivity index (χ4v) is 3.49. The van der Waals surface area contributed by atoms with E-state index < -0.39 is 0 Å². The molecule has 2 aliphatic heterocycles. The second kappa shape index (κ2) is 6.64. The molecule has 122 valence electrons. The van der Waals surface area contributed by atoms with Crippen molar-refractivity contribution in [3.8, 4) is 5.75 Å². The number of thioether (sulfide) groups is 1. The zero-order chi connectivity index (χ0) is 16.4. The summed E-state index contributed by atoms with van der Waals surface area (Å²) in [5.74, 6) is 0.413. The molecule has 7 heteroatoms. The maximum atomic E-state index is 11.8. The fourth-order valence-electron chi connectivity index (χ4n) is 2.82. The molecule has 1 aromatic rings. The third-order valence-electron chi connectivity index (χ3n) is 3.80. The van der Waals surface area contributed by atoms with Crippen LogP contribution < -0.4 is 20.7 Å². The summed E-state index contributed by atoms with van der Waals surface area (Å²) in [5, 5.41) is 1.93. The van der Waals surface area contributed by atoms with Crippen LogP contribution >= 0.6 is 11.8 Å². The van der Waals surface area contributed by atoms with E-state index in [1.807, 2.05) is 25.1 Å². The fraction of sp³-hybridized carbons (Fsp3) is 0.375. The smallest absolute Gasteiger partial charge is 0.290 e. The van der Waals surface area contributed by atoms with Crippen molar-refractivity contribution in [2.24, 2.45) is 5.73 Å². The number of nitrogens with two attached hydrogens (primary N) is 1. The summed E-state index contributed by atoms with van der Waals surface area (Å²) < 4.78 is 5.75. The lowest BCUT2D eigenvalue weighted by Gasteiger charge is -2.24. The van der Waals surface area contributed by atoms with Gasteiger partial charge < -0.3 is 15.4 Å². The predicted octanol–water partition coefficient (Wildman–Crippen LogP) is 1.95. The van der Waals surface area contributed by atoms with Crippen molar-refractivity contribution in [2.75, 3.05) is 24.6 Å². The Bertz CT molecular complexity index is 675. The summed E-state index contributed by atoms with van der Waals surface area (Å²) in [7, 11) is 0. The molecule has 0 saturated carbocycles. The first-order chi connectivity index (χ1) is 11.1. The maximum absolute atomic E-state index is 11.8. The zero-order valence-corrected chi connectivity index (χ0v) is 13.7. The van der Waals surface area contributed by atoms with E-state index in [1.165, 1.54) is 0 Å². The first kappa shape index (κ1) is 15.9. The van der Waals surface area contributed by atoms with Crippen LogP contribution in [0.4, 0.5) is 10.5 Å². The van der Waals surface area contributed by atoms with E-state index in [0.29, 0.717) is 11.5 Å². The number of imide groups is 1. The molecule has 2 aliphatic rings. The molecule has 0 aliphatic carbocycles. The Morgan fingerprint density at radius 3 is 2.91 bits per heavy atom. The Hall–Kier alpha value is -1.99. The average molecular weight is 333 g/mol. The van der Waals surface area contributed by atoms with Gasteiger partial charge in [-0.25, -0.2) is 0 Å². The Labute approximate surface area is 139 Å². The predicted molar refractivity (Wildman–Crippen MR) is 91.5 cm³/mol. The van der Waals surface area contributed by atoms with Crippen LogP contribution in [0.2, 0.25) is 0 Å². The molecule has 3 N–H and O–H groups in total. The number of anilines is 1. The van der Waals surface area contributed by atoms with Crippen LogP contribution in [0, 0.1) is 0 Å². The van der Waals surface area contributed by atoms with Crippen molar-refractivity contribution in [1.29, 1.82) is 0 Å². The standard InChI is InChI=1S/C16H19N3O3S/c1-2-22-12-5-3-4-10(8-13-15(20)18-16(21)23-13)14(12)19-7-6-11(17)9-19/h3-5,8,11H,2,6-7,9,17H2,1H3,(H,18,20,21)/b13-8-/t11-/m0/s1. The Morgan fingerprint density at radius 2 is 2.30 bits per heavy atom. The zero-order valence-electron chi connectivity index (χ0n) is 12.9. The molecule has 3 rings (SSSR count). The van der Waals surface area contributed by atoms with Crippen molar-refractivity contribution >= 4 is 34.7 Å². The van der Waals surface area contributed by atoms with E-state index in [1.54, 1.807) is 6.08 Å². The summed E-state index contributed by atoms with van der Waals surface area (Å²) in [5.41, 5.74) is 7.82. The highest BCUT2D eigenvalue weighted by molar-refractivity contribution is 8.18. The van der Waals surface area contributed by atoms with Gasteiger partial charge in [-0.05, 0) is 37.2 Å². The van der Waals surface area contributed by atoms with E-state index in [-0.39, 0.29) is 17.2 Å². The quantitative estimate of drug-likeness (QED) is 0.819. The Morgan fingerprint density at radius 1 is 1.48 bits per heavy atom. The Kier molecular flexibility index (Phi) is 4.58. The van der Waals surface area contributed by atoms with Gasteiger partial charge >= 0.3 is 0 Å². The number of nitrogens with zero attached hydrogens (tertiary/aromatic N) is 1. The lowest BCUT2D eigenvalue weighted by atomic mass is 10.1. The van der Waals surface area contributed by atoms with Crippen LogP contribution in [0.1, 0.15) is 18.9 Å². The largest absolute Gasteiger partial charge is 0.492 e. The second-order valence-electron chi connectivity index (χ2n) is 5.47. The molecule has 0 bridgehead atoms. The molecule has 2 fully saturated rings. The van der Waals surface area contributed by atoms with Gasteiger partial charge in [0.2, 0.25) is 0 Å². The van der Waals surface area contributed by atoms with Crippen molar-refractivity contribution < 1.29 is 14.3 Å². The van der Waals surface area contributed by atoms with Crippen molar-refractivity contribution in [1.82, 2.24) is 5.32 Å². The van der Waals surface area contributed by atoms with Gasteiger partial charge in [0.1, 0.15) is 5.75 Å². The van der Waals surface area contributed by atoms with Gasteiger partial charge in [-0.1, -0.05) is 12.1 Å². The lowest BCUT2D eigenvalue weighted by molar-refractivity contribution is -0.115. The number of carbonyl (C=O) groups is 2.